The number of anilines is 1. The second-order valence-electron chi connectivity index (χ2n) is 8.79. The molecule has 0 spiro atoms. The molecule has 1 amide bonds. The summed E-state index contributed by atoms with van der Waals surface area (Å²) in [5.41, 5.74) is 2.55. The van der Waals surface area contributed by atoms with E-state index in [4.69, 9.17) is 0 Å². The first kappa shape index (κ1) is 22.7. The van der Waals surface area contributed by atoms with Gasteiger partial charge in [0.1, 0.15) is 24.8 Å². The van der Waals surface area contributed by atoms with Crippen molar-refractivity contribution < 1.29 is 4.79 Å². The van der Waals surface area contributed by atoms with Crippen molar-refractivity contribution in [2.75, 3.05) is 24.5 Å². The van der Waals surface area contributed by atoms with Gasteiger partial charge in [0, 0.05) is 37.5 Å². The predicted molar refractivity (Wildman–Crippen MR) is 134 cm³/mol. The van der Waals surface area contributed by atoms with Gasteiger partial charge in [-0.3, -0.25) is 4.79 Å². The maximum atomic E-state index is 12.9. The van der Waals surface area contributed by atoms with Crippen molar-refractivity contribution in [3.05, 3.63) is 96.8 Å². The fourth-order valence-corrected chi connectivity index (χ4v) is 4.71. The standard InChI is InChI=1S/C27H29N7O/c35-27(29-14-11-24(21-7-3-1-4-8-21)22-9-5-2-6-10-22)23-12-15-33(16-13-23)25-17-26(31-19-30-25)34-20-28-18-32-34/h1-10,17-20,23-24H,11-16H2,(H,29,35). The molecule has 0 aliphatic carbocycles. The van der Waals surface area contributed by atoms with E-state index in [1.807, 2.05) is 18.2 Å². The highest BCUT2D eigenvalue weighted by atomic mass is 16.1. The number of hydrogen-bond donors (Lipinski definition) is 1. The minimum Gasteiger partial charge on any atom is -0.356 e. The van der Waals surface area contributed by atoms with Crippen LogP contribution in [0, 0.1) is 5.92 Å². The van der Waals surface area contributed by atoms with Crippen LogP contribution in [-0.2, 0) is 4.79 Å². The van der Waals surface area contributed by atoms with Crippen LogP contribution in [0.15, 0.2) is 85.7 Å². The molecule has 3 heterocycles. The first-order chi connectivity index (χ1) is 17.3. The van der Waals surface area contributed by atoms with Crippen molar-refractivity contribution in [3.63, 3.8) is 0 Å². The van der Waals surface area contributed by atoms with Crippen molar-refractivity contribution >= 4 is 11.7 Å². The van der Waals surface area contributed by atoms with Gasteiger partial charge in [0.25, 0.3) is 0 Å². The van der Waals surface area contributed by atoms with Crippen LogP contribution in [0.2, 0.25) is 0 Å². The molecule has 0 unspecified atom stereocenters. The number of aromatic nitrogens is 5. The summed E-state index contributed by atoms with van der Waals surface area (Å²) in [4.78, 5) is 27.8. The highest BCUT2D eigenvalue weighted by Gasteiger charge is 2.26. The summed E-state index contributed by atoms with van der Waals surface area (Å²) in [6, 6.07) is 22.9. The van der Waals surface area contributed by atoms with E-state index in [0.29, 0.717) is 12.4 Å². The van der Waals surface area contributed by atoms with Gasteiger partial charge in [-0.1, -0.05) is 60.7 Å². The molecular formula is C27H29N7O. The van der Waals surface area contributed by atoms with Gasteiger partial charge in [0.2, 0.25) is 5.91 Å². The highest BCUT2D eigenvalue weighted by Crippen LogP contribution is 2.28. The lowest BCUT2D eigenvalue weighted by Crippen LogP contribution is -2.41. The van der Waals surface area contributed by atoms with Gasteiger partial charge < -0.3 is 10.2 Å². The van der Waals surface area contributed by atoms with Crippen molar-refractivity contribution in [3.8, 4) is 5.82 Å². The van der Waals surface area contributed by atoms with Gasteiger partial charge in [-0.05, 0) is 30.4 Å². The van der Waals surface area contributed by atoms with Crippen LogP contribution in [0.25, 0.3) is 5.82 Å². The van der Waals surface area contributed by atoms with Crippen LogP contribution in [0.1, 0.15) is 36.3 Å². The molecule has 1 fully saturated rings. The van der Waals surface area contributed by atoms with Gasteiger partial charge in [0.15, 0.2) is 5.82 Å². The molecule has 0 bridgehead atoms. The summed E-state index contributed by atoms with van der Waals surface area (Å²) in [5.74, 6) is 1.96. The molecule has 178 valence electrons. The quantitative estimate of drug-likeness (QED) is 0.426. The van der Waals surface area contributed by atoms with E-state index in [2.05, 4.69) is 78.8 Å². The van der Waals surface area contributed by atoms with Crippen LogP contribution in [0.4, 0.5) is 5.82 Å². The lowest BCUT2D eigenvalue weighted by molar-refractivity contribution is -0.125. The molecule has 1 aliphatic rings. The first-order valence-electron chi connectivity index (χ1n) is 12.1. The number of hydrogen-bond acceptors (Lipinski definition) is 6. The van der Waals surface area contributed by atoms with Gasteiger partial charge in [-0.25, -0.2) is 19.6 Å². The largest absolute Gasteiger partial charge is 0.356 e. The van der Waals surface area contributed by atoms with Crippen LogP contribution in [-0.4, -0.2) is 50.3 Å². The summed E-state index contributed by atoms with van der Waals surface area (Å²) >= 11 is 0. The van der Waals surface area contributed by atoms with E-state index in [1.165, 1.54) is 17.5 Å². The smallest absolute Gasteiger partial charge is 0.223 e. The average molecular weight is 468 g/mol. The Kier molecular flexibility index (Phi) is 7.07. The van der Waals surface area contributed by atoms with Crippen molar-refractivity contribution in [2.24, 2.45) is 5.92 Å². The van der Waals surface area contributed by atoms with Gasteiger partial charge >= 0.3 is 0 Å². The fourth-order valence-electron chi connectivity index (χ4n) is 4.71. The van der Waals surface area contributed by atoms with Crippen molar-refractivity contribution in [2.45, 2.75) is 25.2 Å². The van der Waals surface area contributed by atoms with Gasteiger partial charge in [-0.2, -0.15) is 5.10 Å². The minimum atomic E-state index is 0.0229. The van der Waals surface area contributed by atoms with E-state index in [-0.39, 0.29) is 17.7 Å². The number of piperidine rings is 1. The van der Waals surface area contributed by atoms with E-state index < -0.39 is 0 Å². The number of carbonyl (C=O) groups is 1. The Morgan fingerprint density at radius 3 is 2.20 bits per heavy atom. The zero-order chi connectivity index (χ0) is 23.9. The lowest BCUT2D eigenvalue weighted by atomic mass is 9.88. The van der Waals surface area contributed by atoms with E-state index >= 15 is 0 Å². The third-order valence-electron chi connectivity index (χ3n) is 6.62. The number of carbonyl (C=O) groups excluding carboxylic acids is 1. The highest BCUT2D eigenvalue weighted by molar-refractivity contribution is 5.79. The Morgan fingerprint density at radius 2 is 1.57 bits per heavy atom. The SMILES string of the molecule is O=C(NCCC(c1ccccc1)c1ccccc1)C1CCN(c2cc(-n3cncn3)ncn2)CC1. The molecule has 4 aromatic rings. The number of nitrogens with one attached hydrogen (secondary N) is 1. The molecule has 0 saturated carbocycles. The average Bonchev–Trinajstić information content (AvgIpc) is 3.48. The summed E-state index contributed by atoms with van der Waals surface area (Å²) < 4.78 is 1.61. The van der Waals surface area contributed by atoms with E-state index in [1.54, 1.807) is 17.3 Å². The third kappa shape index (κ3) is 5.54. The molecule has 35 heavy (non-hydrogen) atoms. The van der Waals surface area contributed by atoms with E-state index in [9.17, 15) is 4.79 Å². The maximum absolute atomic E-state index is 12.9. The normalized spacial score (nSPS) is 14.3. The topological polar surface area (TPSA) is 88.8 Å². The number of nitrogens with zero attached hydrogens (tertiary/aromatic N) is 6. The predicted octanol–water partition coefficient (Wildman–Crippen LogP) is 3.61. The fraction of sp³-hybridized carbons (Fsp3) is 0.296. The molecule has 1 N–H and O–H groups in total. The summed E-state index contributed by atoms with van der Waals surface area (Å²) in [5, 5.41) is 7.33. The number of rotatable bonds is 8. The molecule has 1 saturated heterocycles. The first-order valence-corrected chi connectivity index (χ1v) is 12.1. The van der Waals surface area contributed by atoms with Crippen LogP contribution in [0.3, 0.4) is 0 Å². The van der Waals surface area contributed by atoms with Crippen molar-refractivity contribution in [1.82, 2.24) is 30.0 Å². The van der Waals surface area contributed by atoms with Crippen molar-refractivity contribution in [1.29, 1.82) is 0 Å². The molecular weight excluding hydrogens is 438 g/mol. The number of benzene rings is 2. The third-order valence-corrected chi connectivity index (χ3v) is 6.62. The molecule has 8 nitrogen and oxygen atoms in total. The molecule has 0 atom stereocenters. The van der Waals surface area contributed by atoms with Gasteiger partial charge in [-0.15, -0.1) is 0 Å². The van der Waals surface area contributed by atoms with Crippen LogP contribution >= 0.6 is 0 Å². The van der Waals surface area contributed by atoms with Crippen LogP contribution in [0.5, 0.6) is 0 Å². The second-order valence-corrected chi connectivity index (χ2v) is 8.79. The monoisotopic (exact) mass is 467 g/mol. The zero-order valence-electron chi connectivity index (χ0n) is 19.6. The molecule has 1 aliphatic heterocycles. The molecule has 2 aromatic carbocycles. The zero-order valence-corrected chi connectivity index (χ0v) is 19.6. The Hall–Kier alpha value is -4.07. The van der Waals surface area contributed by atoms with E-state index in [0.717, 1.165) is 38.2 Å². The summed E-state index contributed by atoms with van der Waals surface area (Å²) in [6.45, 7) is 2.21. The number of amides is 1. The second kappa shape index (κ2) is 10.9. The summed E-state index contributed by atoms with van der Waals surface area (Å²) in [6.07, 6.45) is 7.10. The molecule has 5 rings (SSSR count). The minimum absolute atomic E-state index is 0.0229. The summed E-state index contributed by atoms with van der Waals surface area (Å²) in [7, 11) is 0. The Balaban J connectivity index is 1.14. The Morgan fingerprint density at radius 1 is 0.914 bits per heavy atom. The molecule has 2 aromatic heterocycles. The lowest BCUT2D eigenvalue weighted by Gasteiger charge is -2.32. The Bertz CT molecular complexity index is 1170. The maximum Gasteiger partial charge on any atom is 0.223 e. The Labute approximate surface area is 205 Å². The van der Waals surface area contributed by atoms with Crippen LogP contribution < -0.4 is 10.2 Å². The molecule has 8 heteroatoms. The van der Waals surface area contributed by atoms with Gasteiger partial charge in [0.05, 0.1) is 0 Å². The molecule has 0 radical (unpaired) electrons.